The summed E-state index contributed by atoms with van der Waals surface area (Å²) < 4.78 is 5.53. The lowest BCUT2D eigenvalue weighted by atomic mass is 9.96. The lowest BCUT2D eigenvalue weighted by Gasteiger charge is -2.39. The molecule has 0 amide bonds. The van der Waals surface area contributed by atoms with Gasteiger partial charge in [0.1, 0.15) is 11.5 Å². The van der Waals surface area contributed by atoms with Crippen molar-refractivity contribution >= 4 is 5.94 Å². The first-order valence-corrected chi connectivity index (χ1v) is 8.65. The number of hydrogen-bond acceptors (Lipinski definition) is 4. The van der Waals surface area contributed by atoms with E-state index in [9.17, 15) is 4.79 Å². The molecule has 2 saturated heterocycles. The van der Waals surface area contributed by atoms with Gasteiger partial charge in [-0.3, -0.25) is 9.80 Å². The summed E-state index contributed by atoms with van der Waals surface area (Å²) >= 11 is 0. The lowest BCUT2D eigenvalue weighted by molar-refractivity contribution is -0.00356. The van der Waals surface area contributed by atoms with Gasteiger partial charge in [0, 0.05) is 13.1 Å². The summed E-state index contributed by atoms with van der Waals surface area (Å²) in [4.78, 5) is 16.9. The molecule has 1 aliphatic carbocycles. The SMILES string of the molecule is CC1(N2CCOCC2)C(=C=O)C1(c1ccccc1)N1CCCC1. The molecule has 122 valence electrons. The third kappa shape index (κ3) is 1.93. The average Bonchev–Trinajstić information content (AvgIpc) is 2.93. The molecule has 4 nitrogen and oxygen atoms in total. The molecule has 2 atom stereocenters. The molecular weight excluding hydrogens is 288 g/mol. The van der Waals surface area contributed by atoms with Gasteiger partial charge in [-0.05, 0) is 38.4 Å². The Labute approximate surface area is 137 Å². The minimum Gasteiger partial charge on any atom is -0.379 e. The molecule has 4 rings (SSSR count). The number of ether oxygens (including phenoxy) is 1. The lowest BCUT2D eigenvalue weighted by Crippen LogP contribution is -2.51. The Morgan fingerprint density at radius 1 is 1.00 bits per heavy atom. The number of likely N-dealkylation sites (tertiary alicyclic amines) is 1. The van der Waals surface area contributed by atoms with Crippen LogP contribution in [-0.2, 0) is 15.1 Å². The molecule has 1 aromatic rings. The third-order valence-electron chi connectivity index (χ3n) is 6.01. The van der Waals surface area contributed by atoms with Crippen LogP contribution in [0.5, 0.6) is 0 Å². The first-order valence-electron chi connectivity index (χ1n) is 8.65. The smallest absolute Gasteiger partial charge is 0.128 e. The second kappa shape index (κ2) is 5.57. The summed E-state index contributed by atoms with van der Waals surface area (Å²) in [6.45, 7) is 7.58. The van der Waals surface area contributed by atoms with E-state index in [1.165, 1.54) is 18.4 Å². The van der Waals surface area contributed by atoms with E-state index in [1.54, 1.807) is 0 Å². The summed E-state index contributed by atoms with van der Waals surface area (Å²) in [5.74, 6) is 2.34. The van der Waals surface area contributed by atoms with Crippen molar-refractivity contribution in [1.29, 1.82) is 0 Å². The Morgan fingerprint density at radius 3 is 2.26 bits per heavy atom. The summed E-state index contributed by atoms with van der Waals surface area (Å²) in [5.41, 5.74) is 1.57. The normalized spacial score (nSPS) is 35.3. The Balaban J connectivity index is 1.83. The summed E-state index contributed by atoms with van der Waals surface area (Å²) in [6.07, 6.45) is 2.42. The van der Waals surface area contributed by atoms with Gasteiger partial charge in [-0.2, -0.15) is 0 Å². The highest BCUT2D eigenvalue weighted by molar-refractivity contribution is 5.77. The molecule has 0 N–H and O–H groups in total. The number of benzene rings is 1. The molecule has 0 aromatic heterocycles. The number of hydrogen-bond donors (Lipinski definition) is 0. The van der Waals surface area contributed by atoms with Crippen molar-refractivity contribution in [3.63, 3.8) is 0 Å². The van der Waals surface area contributed by atoms with Crippen LogP contribution in [0, 0.1) is 0 Å². The van der Waals surface area contributed by atoms with Gasteiger partial charge in [-0.1, -0.05) is 30.3 Å². The van der Waals surface area contributed by atoms with Gasteiger partial charge < -0.3 is 4.74 Å². The van der Waals surface area contributed by atoms with E-state index >= 15 is 0 Å². The monoisotopic (exact) mass is 312 g/mol. The predicted molar refractivity (Wildman–Crippen MR) is 88.9 cm³/mol. The molecule has 2 heterocycles. The maximum Gasteiger partial charge on any atom is 0.128 e. The molecular formula is C19H24N2O2. The van der Waals surface area contributed by atoms with Crippen molar-refractivity contribution in [2.24, 2.45) is 0 Å². The van der Waals surface area contributed by atoms with Gasteiger partial charge in [-0.15, -0.1) is 0 Å². The van der Waals surface area contributed by atoms with Crippen LogP contribution in [0.1, 0.15) is 25.3 Å². The van der Waals surface area contributed by atoms with Crippen LogP contribution in [0.2, 0.25) is 0 Å². The quantitative estimate of drug-likeness (QED) is 0.798. The zero-order valence-corrected chi connectivity index (χ0v) is 13.8. The molecule has 2 unspecified atom stereocenters. The summed E-state index contributed by atoms with van der Waals surface area (Å²) in [7, 11) is 0. The number of rotatable bonds is 3. The largest absolute Gasteiger partial charge is 0.379 e. The van der Waals surface area contributed by atoms with E-state index in [1.807, 2.05) is 6.07 Å². The van der Waals surface area contributed by atoms with E-state index in [4.69, 9.17) is 4.74 Å². The highest BCUT2D eigenvalue weighted by Gasteiger charge is 2.77. The van der Waals surface area contributed by atoms with Gasteiger partial charge in [0.15, 0.2) is 0 Å². The van der Waals surface area contributed by atoms with Crippen molar-refractivity contribution in [3.05, 3.63) is 41.5 Å². The summed E-state index contributed by atoms with van der Waals surface area (Å²) in [6, 6.07) is 10.5. The molecule has 4 heteroatoms. The standard InChI is InChI=1S/C19H24N2O2/c1-18(20-11-13-23-14-12-20)17(15-22)19(18,21-9-5-6-10-21)16-7-3-2-4-8-16/h2-4,7-8H,5-6,9-14H2,1H3. The molecule has 1 aromatic carbocycles. The number of carbonyl (C=O) groups excluding carboxylic acids is 1. The van der Waals surface area contributed by atoms with Crippen LogP contribution < -0.4 is 0 Å². The van der Waals surface area contributed by atoms with E-state index < -0.39 is 0 Å². The van der Waals surface area contributed by atoms with Crippen molar-refractivity contribution in [2.45, 2.75) is 30.8 Å². The van der Waals surface area contributed by atoms with Crippen molar-refractivity contribution in [2.75, 3.05) is 39.4 Å². The minimum atomic E-state index is -0.302. The minimum absolute atomic E-state index is 0.260. The second-order valence-corrected chi connectivity index (χ2v) is 6.92. The molecule has 1 saturated carbocycles. The van der Waals surface area contributed by atoms with Gasteiger partial charge in [0.05, 0.1) is 24.3 Å². The Hall–Kier alpha value is -1.45. The van der Waals surface area contributed by atoms with Crippen LogP contribution in [0.4, 0.5) is 0 Å². The Bertz CT molecular complexity index is 628. The van der Waals surface area contributed by atoms with Crippen molar-refractivity contribution < 1.29 is 9.53 Å². The zero-order chi connectivity index (χ0) is 15.9. The molecule has 2 aliphatic heterocycles. The molecule has 3 aliphatic rings. The molecule has 0 bridgehead atoms. The molecule has 0 radical (unpaired) electrons. The van der Waals surface area contributed by atoms with Crippen molar-refractivity contribution in [1.82, 2.24) is 9.80 Å². The van der Waals surface area contributed by atoms with Crippen LogP contribution in [0.25, 0.3) is 0 Å². The first kappa shape index (κ1) is 15.1. The molecule has 23 heavy (non-hydrogen) atoms. The highest BCUT2D eigenvalue weighted by Crippen LogP contribution is 2.66. The average molecular weight is 312 g/mol. The third-order valence-corrected chi connectivity index (χ3v) is 6.01. The maximum absolute atomic E-state index is 11.9. The summed E-state index contributed by atoms with van der Waals surface area (Å²) in [5, 5.41) is 0. The van der Waals surface area contributed by atoms with E-state index in [2.05, 4.69) is 46.9 Å². The fourth-order valence-electron chi connectivity index (χ4n) is 4.88. The van der Waals surface area contributed by atoms with Crippen LogP contribution in [0.3, 0.4) is 0 Å². The van der Waals surface area contributed by atoms with Gasteiger partial charge >= 0.3 is 0 Å². The predicted octanol–water partition coefficient (Wildman–Crippen LogP) is 1.84. The maximum atomic E-state index is 11.9. The number of nitrogens with zero attached hydrogens (tertiary/aromatic N) is 2. The van der Waals surface area contributed by atoms with Crippen molar-refractivity contribution in [3.8, 4) is 0 Å². The van der Waals surface area contributed by atoms with Gasteiger partial charge in [-0.25, -0.2) is 4.79 Å². The fraction of sp³-hybridized carbons (Fsp3) is 0.579. The zero-order valence-electron chi connectivity index (χ0n) is 13.8. The van der Waals surface area contributed by atoms with E-state index in [0.717, 1.165) is 45.0 Å². The highest BCUT2D eigenvalue weighted by atomic mass is 16.5. The molecule has 0 spiro atoms. The van der Waals surface area contributed by atoms with Crippen LogP contribution >= 0.6 is 0 Å². The van der Waals surface area contributed by atoms with Crippen LogP contribution in [0.15, 0.2) is 35.9 Å². The van der Waals surface area contributed by atoms with Gasteiger partial charge in [0.2, 0.25) is 0 Å². The van der Waals surface area contributed by atoms with Crippen LogP contribution in [-0.4, -0.2) is 60.7 Å². The second-order valence-electron chi connectivity index (χ2n) is 6.92. The Kier molecular flexibility index (Phi) is 3.66. The fourth-order valence-corrected chi connectivity index (χ4v) is 4.88. The topological polar surface area (TPSA) is 32.8 Å². The van der Waals surface area contributed by atoms with Gasteiger partial charge in [0.25, 0.3) is 0 Å². The number of morpholine rings is 1. The Morgan fingerprint density at radius 2 is 1.65 bits per heavy atom. The first-order chi connectivity index (χ1) is 11.3. The molecule has 3 fully saturated rings. The van der Waals surface area contributed by atoms with E-state index in [0.29, 0.717) is 0 Å². The van der Waals surface area contributed by atoms with E-state index in [-0.39, 0.29) is 11.1 Å².